The van der Waals surface area contributed by atoms with Gasteiger partial charge in [0, 0.05) is 6.54 Å². The Hall–Kier alpha value is -1.59. The molecule has 2 amide bonds. The number of imide groups is 1. The van der Waals surface area contributed by atoms with Crippen LogP contribution in [0.15, 0.2) is 0 Å². The second kappa shape index (κ2) is 4.11. The molecule has 1 aliphatic heterocycles. The molecule has 1 atom stereocenters. The van der Waals surface area contributed by atoms with Crippen LogP contribution < -0.4 is 0 Å². The molecule has 90 valence electrons. The molecule has 16 heavy (non-hydrogen) atoms. The molecular weight excluding hydrogens is 214 g/mol. The van der Waals surface area contributed by atoms with Gasteiger partial charge in [-0.25, -0.2) is 14.5 Å². The topological polar surface area (TPSA) is 72.9 Å². The lowest BCUT2D eigenvalue weighted by atomic mass is 10.1. The summed E-state index contributed by atoms with van der Waals surface area (Å²) in [5.41, 5.74) is -0.692. The lowest BCUT2D eigenvalue weighted by Gasteiger charge is -2.29. The van der Waals surface area contributed by atoms with Gasteiger partial charge in [-0.15, -0.1) is 0 Å². The standard InChI is InChI=1S/C10H15NO5/c1-6-5-11(8(13)15-7(6)12)9(14)16-10(2,3)4/h6H,5H2,1-4H3/t6-/m0/s1. The molecule has 0 aromatic carbocycles. The third-order valence-corrected chi connectivity index (χ3v) is 1.88. The summed E-state index contributed by atoms with van der Waals surface area (Å²) in [6, 6.07) is 0. The highest BCUT2D eigenvalue weighted by Gasteiger charge is 2.37. The number of rotatable bonds is 0. The maximum atomic E-state index is 11.6. The van der Waals surface area contributed by atoms with E-state index in [9.17, 15) is 14.4 Å². The van der Waals surface area contributed by atoms with E-state index in [1.165, 1.54) is 0 Å². The predicted octanol–water partition coefficient (Wildman–Crippen LogP) is 1.54. The highest BCUT2D eigenvalue weighted by Crippen LogP contribution is 2.16. The summed E-state index contributed by atoms with van der Waals surface area (Å²) in [5, 5.41) is 0. The van der Waals surface area contributed by atoms with Gasteiger partial charge < -0.3 is 9.47 Å². The van der Waals surface area contributed by atoms with E-state index < -0.39 is 29.7 Å². The smallest absolute Gasteiger partial charge is 0.427 e. The first-order valence-electron chi connectivity index (χ1n) is 4.97. The van der Waals surface area contributed by atoms with Gasteiger partial charge in [0.1, 0.15) is 5.60 Å². The van der Waals surface area contributed by atoms with Crippen LogP contribution in [0.4, 0.5) is 9.59 Å². The SMILES string of the molecule is C[C@H]1CN(C(=O)OC(C)(C)C)C(=O)OC1=O. The van der Waals surface area contributed by atoms with Gasteiger partial charge in [0.05, 0.1) is 5.92 Å². The van der Waals surface area contributed by atoms with Gasteiger partial charge in [-0.2, -0.15) is 0 Å². The van der Waals surface area contributed by atoms with Crippen LogP contribution >= 0.6 is 0 Å². The van der Waals surface area contributed by atoms with E-state index in [0.29, 0.717) is 0 Å². The van der Waals surface area contributed by atoms with Crippen molar-refractivity contribution in [1.29, 1.82) is 0 Å². The largest absolute Gasteiger partial charge is 0.443 e. The highest BCUT2D eigenvalue weighted by molar-refractivity contribution is 5.96. The van der Waals surface area contributed by atoms with Crippen molar-refractivity contribution in [2.45, 2.75) is 33.3 Å². The molecule has 0 aromatic rings. The number of hydrogen-bond donors (Lipinski definition) is 0. The zero-order valence-electron chi connectivity index (χ0n) is 9.77. The second-order valence-electron chi connectivity index (χ2n) is 4.68. The van der Waals surface area contributed by atoms with E-state index >= 15 is 0 Å². The monoisotopic (exact) mass is 229 g/mol. The van der Waals surface area contributed by atoms with E-state index in [1.807, 2.05) is 0 Å². The third-order valence-electron chi connectivity index (χ3n) is 1.88. The Morgan fingerprint density at radius 3 is 2.50 bits per heavy atom. The maximum absolute atomic E-state index is 11.6. The van der Waals surface area contributed by atoms with E-state index in [2.05, 4.69) is 4.74 Å². The number of hydrogen-bond acceptors (Lipinski definition) is 5. The minimum atomic E-state index is -0.975. The summed E-state index contributed by atoms with van der Waals surface area (Å²) >= 11 is 0. The fourth-order valence-electron chi connectivity index (χ4n) is 1.13. The van der Waals surface area contributed by atoms with Gasteiger partial charge in [0.15, 0.2) is 0 Å². The van der Waals surface area contributed by atoms with Crippen LogP contribution in [-0.4, -0.2) is 35.2 Å². The Bertz CT molecular complexity index is 331. The summed E-state index contributed by atoms with van der Waals surface area (Å²) in [6.45, 7) is 6.64. The molecule has 6 nitrogen and oxygen atoms in total. The van der Waals surface area contributed by atoms with Crippen molar-refractivity contribution >= 4 is 18.2 Å². The summed E-state index contributed by atoms with van der Waals surface area (Å²) < 4.78 is 9.40. The molecule has 0 radical (unpaired) electrons. The van der Waals surface area contributed by atoms with Crippen LogP contribution in [0, 0.1) is 5.92 Å². The highest BCUT2D eigenvalue weighted by atomic mass is 16.6. The average molecular weight is 229 g/mol. The van der Waals surface area contributed by atoms with Gasteiger partial charge >= 0.3 is 18.2 Å². The van der Waals surface area contributed by atoms with Crippen LogP contribution in [0.3, 0.4) is 0 Å². The number of ether oxygens (including phenoxy) is 2. The number of carbonyl (C=O) groups is 3. The molecule has 1 aliphatic rings. The van der Waals surface area contributed by atoms with Gasteiger partial charge in [-0.05, 0) is 20.8 Å². The summed E-state index contributed by atoms with van der Waals surface area (Å²) in [4.78, 5) is 34.7. The van der Waals surface area contributed by atoms with Crippen molar-refractivity contribution in [3.63, 3.8) is 0 Å². The molecule has 0 bridgehead atoms. The zero-order valence-corrected chi connectivity index (χ0v) is 9.77. The predicted molar refractivity (Wildman–Crippen MR) is 53.6 cm³/mol. The molecule has 1 saturated heterocycles. The molecule has 0 saturated carbocycles. The van der Waals surface area contributed by atoms with E-state index in [0.717, 1.165) is 4.90 Å². The van der Waals surface area contributed by atoms with E-state index in [4.69, 9.17) is 4.74 Å². The van der Waals surface area contributed by atoms with Crippen molar-refractivity contribution in [2.75, 3.05) is 6.54 Å². The fourth-order valence-corrected chi connectivity index (χ4v) is 1.13. The van der Waals surface area contributed by atoms with Crippen LogP contribution in [0.2, 0.25) is 0 Å². The molecule has 0 aliphatic carbocycles. The zero-order chi connectivity index (χ0) is 12.5. The third kappa shape index (κ3) is 2.95. The van der Waals surface area contributed by atoms with Crippen molar-refractivity contribution in [3.05, 3.63) is 0 Å². The summed E-state index contributed by atoms with van der Waals surface area (Å²) in [6.07, 6.45) is -1.77. The van der Waals surface area contributed by atoms with E-state index in [1.54, 1.807) is 27.7 Å². The maximum Gasteiger partial charge on any atom is 0.427 e. The van der Waals surface area contributed by atoms with Crippen molar-refractivity contribution < 1.29 is 23.9 Å². The minimum Gasteiger partial charge on any atom is -0.443 e. The van der Waals surface area contributed by atoms with Gasteiger partial charge in [0.25, 0.3) is 0 Å². The average Bonchev–Trinajstić information content (AvgIpc) is 2.08. The Kier molecular flexibility index (Phi) is 3.21. The van der Waals surface area contributed by atoms with Gasteiger partial charge in [-0.1, -0.05) is 6.92 Å². The number of nitrogens with zero attached hydrogens (tertiary/aromatic N) is 1. The second-order valence-corrected chi connectivity index (χ2v) is 4.68. The number of carbonyl (C=O) groups excluding carboxylic acids is 3. The number of esters is 1. The van der Waals surface area contributed by atoms with Crippen molar-refractivity contribution in [3.8, 4) is 0 Å². The molecule has 1 fully saturated rings. The van der Waals surface area contributed by atoms with Crippen LogP contribution in [0.5, 0.6) is 0 Å². The fraction of sp³-hybridized carbons (Fsp3) is 0.700. The lowest BCUT2D eigenvalue weighted by molar-refractivity contribution is -0.146. The quantitative estimate of drug-likeness (QED) is 0.465. The number of amides is 2. The van der Waals surface area contributed by atoms with Crippen molar-refractivity contribution in [1.82, 2.24) is 4.90 Å². The number of cyclic esters (lactones) is 2. The Morgan fingerprint density at radius 1 is 1.44 bits per heavy atom. The Labute approximate surface area is 93.5 Å². The molecule has 0 aromatic heterocycles. The molecule has 0 N–H and O–H groups in total. The molecule has 0 unspecified atom stereocenters. The normalized spacial score (nSPS) is 21.8. The van der Waals surface area contributed by atoms with Crippen LogP contribution in [-0.2, 0) is 14.3 Å². The van der Waals surface area contributed by atoms with Gasteiger partial charge in [0.2, 0.25) is 0 Å². The Morgan fingerprint density at radius 2 is 2.00 bits per heavy atom. The Balaban J connectivity index is 2.70. The molecule has 0 spiro atoms. The first-order valence-corrected chi connectivity index (χ1v) is 4.97. The van der Waals surface area contributed by atoms with Gasteiger partial charge in [-0.3, -0.25) is 4.79 Å². The molecule has 1 rings (SSSR count). The first kappa shape index (κ1) is 12.5. The molecular formula is C10H15NO5. The summed E-state index contributed by atoms with van der Waals surface area (Å²) in [7, 11) is 0. The molecule has 1 heterocycles. The van der Waals surface area contributed by atoms with Crippen LogP contribution in [0.1, 0.15) is 27.7 Å². The van der Waals surface area contributed by atoms with Crippen molar-refractivity contribution in [2.24, 2.45) is 5.92 Å². The minimum absolute atomic E-state index is 0.00736. The molecule has 6 heteroatoms. The van der Waals surface area contributed by atoms with Crippen LogP contribution in [0.25, 0.3) is 0 Å². The lowest BCUT2D eigenvalue weighted by Crippen LogP contribution is -2.49. The van der Waals surface area contributed by atoms with E-state index in [-0.39, 0.29) is 6.54 Å². The summed E-state index contributed by atoms with van der Waals surface area (Å²) in [5.74, 6) is -1.14. The first-order chi connectivity index (χ1) is 7.20.